The summed E-state index contributed by atoms with van der Waals surface area (Å²) in [6, 6.07) is 0. The molecule has 3 heteroatoms. The van der Waals surface area contributed by atoms with E-state index in [1.165, 1.54) is 89.9 Å². The summed E-state index contributed by atoms with van der Waals surface area (Å²) in [7, 11) is 0. The van der Waals surface area contributed by atoms with Crippen LogP contribution < -0.4 is 0 Å². The average Bonchev–Trinajstić information content (AvgIpc) is 2.59. The van der Waals surface area contributed by atoms with Gasteiger partial charge in [0.1, 0.15) is 0 Å². The van der Waals surface area contributed by atoms with Crippen LogP contribution in [0.25, 0.3) is 0 Å². The van der Waals surface area contributed by atoms with Crippen molar-refractivity contribution in [2.24, 2.45) is 5.92 Å². The highest BCUT2D eigenvalue weighted by Gasteiger charge is 2.08. The third-order valence-corrected chi connectivity index (χ3v) is 5.26. The van der Waals surface area contributed by atoms with E-state index in [0.717, 1.165) is 25.2 Å². The van der Waals surface area contributed by atoms with Crippen LogP contribution in [0.15, 0.2) is 0 Å². The van der Waals surface area contributed by atoms with Crippen LogP contribution in [-0.4, -0.2) is 22.8 Å². The summed E-state index contributed by atoms with van der Waals surface area (Å²) in [6.07, 6.45) is 21.6. The van der Waals surface area contributed by atoms with E-state index in [1.807, 2.05) is 0 Å². The number of aliphatic hydroxyl groups excluding tert-OH is 1. The topological polar surface area (TPSA) is 57.5 Å². The first-order valence-corrected chi connectivity index (χ1v) is 11.0. The molecule has 1 atom stereocenters. The molecule has 1 unspecified atom stereocenters. The van der Waals surface area contributed by atoms with Crippen molar-refractivity contribution in [1.82, 2.24) is 0 Å². The molecule has 2 N–H and O–H groups in total. The fourth-order valence-corrected chi connectivity index (χ4v) is 3.60. The zero-order valence-electron chi connectivity index (χ0n) is 16.8. The van der Waals surface area contributed by atoms with Crippen molar-refractivity contribution in [2.75, 3.05) is 6.61 Å². The maximum Gasteiger partial charge on any atom is 0.303 e. The molecular formula is C22H44O3. The van der Waals surface area contributed by atoms with Gasteiger partial charge in [-0.15, -0.1) is 0 Å². The first-order valence-electron chi connectivity index (χ1n) is 11.0. The van der Waals surface area contributed by atoms with Crippen molar-refractivity contribution in [3.8, 4) is 0 Å². The SMILES string of the molecule is CCCCCCCCCC(CCO)CCCCCCCCCC(=O)O. The summed E-state index contributed by atoms with van der Waals surface area (Å²) in [4.78, 5) is 10.4. The Morgan fingerprint density at radius 2 is 1.12 bits per heavy atom. The van der Waals surface area contributed by atoms with E-state index >= 15 is 0 Å². The predicted molar refractivity (Wildman–Crippen MR) is 107 cm³/mol. The quantitative estimate of drug-likeness (QED) is 0.238. The van der Waals surface area contributed by atoms with Gasteiger partial charge in [0.25, 0.3) is 0 Å². The number of carboxylic acids is 1. The Bertz CT molecular complexity index is 278. The minimum Gasteiger partial charge on any atom is -0.481 e. The van der Waals surface area contributed by atoms with Crippen LogP contribution in [0.4, 0.5) is 0 Å². The summed E-state index contributed by atoms with van der Waals surface area (Å²) in [5.41, 5.74) is 0. The zero-order chi connectivity index (χ0) is 18.6. The van der Waals surface area contributed by atoms with E-state index in [1.54, 1.807) is 0 Å². The lowest BCUT2D eigenvalue weighted by Gasteiger charge is -2.15. The molecule has 25 heavy (non-hydrogen) atoms. The molecule has 0 aromatic rings. The molecule has 0 bridgehead atoms. The number of rotatable bonds is 20. The fourth-order valence-electron chi connectivity index (χ4n) is 3.60. The molecule has 0 amide bonds. The van der Waals surface area contributed by atoms with Gasteiger partial charge in [-0.25, -0.2) is 0 Å². The average molecular weight is 357 g/mol. The van der Waals surface area contributed by atoms with Crippen LogP contribution in [0, 0.1) is 5.92 Å². The largest absolute Gasteiger partial charge is 0.481 e. The normalized spacial score (nSPS) is 12.4. The number of carbonyl (C=O) groups is 1. The second-order valence-electron chi connectivity index (χ2n) is 7.70. The van der Waals surface area contributed by atoms with Gasteiger partial charge in [-0.1, -0.05) is 103 Å². The molecule has 0 radical (unpaired) electrons. The minimum atomic E-state index is -0.670. The van der Waals surface area contributed by atoms with Gasteiger partial charge < -0.3 is 10.2 Å². The number of hydrogen-bond donors (Lipinski definition) is 2. The van der Waals surface area contributed by atoms with Crippen LogP contribution in [0.2, 0.25) is 0 Å². The van der Waals surface area contributed by atoms with Crippen molar-refractivity contribution in [3.05, 3.63) is 0 Å². The molecule has 0 aromatic carbocycles. The van der Waals surface area contributed by atoms with Crippen molar-refractivity contribution in [2.45, 2.75) is 122 Å². The van der Waals surface area contributed by atoms with Gasteiger partial charge in [0.2, 0.25) is 0 Å². The van der Waals surface area contributed by atoms with Gasteiger partial charge >= 0.3 is 5.97 Å². The Balaban J connectivity index is 3.45. The van der Waals surface area contributed by atoms with E-state index in [9.17, 15) is 9.90 Å². The third-order valence-electron chi connectivity index (χ3n) is 5.26. The predicted octanol–water partition coefficient (Wildman–Crippen LogP) is 6.72. The summed E-state index contributed by atoms with van der Waals surface area (Å²) >= 11 is 0. The van der Waals surface area contributed by atoms with Crippen LogP contribution >= 0.6 is 0 Å². The monoisotopic (exact) mass is 356 g/mol. The summed E-state index contributed by atoms with van der Waals surface area (Å²) in [6.45, 7) is 2.60. The Morgan fingerprint density at radius 3 is 1.56 bits per heavy atom. The molecule has 0 aliphatic rings. The van der Waals surface area contributed by atoms with E-state index < -0.39 is 5.97 Å². The van der Waals surface area contributed by atoms with Crippen LogP contribution in [0.1, 0.15) is 122 Å². The molecule has 0 aliphatic carbocycles. The van der Waals surface area contributed by atoms with E-state index in [-0.39, 0.29) is 0 Å². The number of hydrogen-bond acceptors (Lipinski definition) is 2. The van der Waals surface area contributed by atoms with E-state index in [2.05, 4.69) is 6.92 Å². The Hall–Kier alpha value is -0.570. The first-order chi connectivity index (χ1) is 12.2. The van der Waals surface area contributed by atoms with E-state index in [0.29, 0.717) is 13.0 Å². The van der Waals surface area contributed by atoms with Crippen LogP contribution in [-0.2, 0) is 4.79 Å². The van der Waals surface area contributed by atoms with Gasteiger partial charge in [-0.05, 0) is 18.8 Å². The molecule has 0 aliphatic heterocycles. The molecular weight excluding hydrogens is 312 g/mol. The maximum absolute atomic E-state index is 10.4. The highest BCUT2D eigenvalue weighted by molar-refractivity contribution is 5.66. The lowest BCUT2D eigenvalue weighted by Crippen LogP contribution is -2.03. The Kier molecular flexibility index (Phi) is 19.3. The minimum absolute atomic E-state index is 0.321. The smallest absolute Gasteiger partial charge is 0.303 e. The Morgan fingerprint density at radius 1 is 0.680 bits per heavy atom. The van der Waals surface area contributed by atoms with Gasteiger partial charge in [0.15, 0.2) is 0 Å². The molecule has 150 valence electrons. The highest BCUT2D eigenvalue weighted by atomic mass is 16.4. The molecule has 0 fully saturated rings. The lowest BCUT2D eigenvalue weighted by atomic mass is 9.91. The van der Waals surface area contributed by atoms with Crippen molar-refractivity contribution in [3.63, 3.8) is 0 Å². The molecule has 3 nitrogen and oxygen atoms in total. The molecule has 0 saturated heterocycles. The molecule has 0 spiro atoms. The lowest BCUT2D eigenvalue weighted by molar-refractivity contribution is -0.137. The van der Waals surface area contributed by atoms with Crippen LogP contribution in [0.3, 0.4) is 0 Å². The van der Waals surface area contributed by atoms with Gasteiger partial charge in [0, 0.05) is 13.0 Å². The molecule has 0 rings (SSSR count). The molecule has 0 saturated carbocycles. The highest BCUT2D eigenvalue weighted by Crippen LogP contribution is 2.22. The summed E-state index contributed by atoms with van der Waals surface area (Å²) in [5, 5.41) is 17.8. The second-order valence-corrected chi connectivity index (χ2v) is 7.70. The Labute approximate surface area is 156 Å². The second kappa shape index (κ2) is 19.8. The van der Waals surface area contributed by atoms with Crippen molar-refractivity contribution >= 4 is 5.97 Å². The third kappa shape index (κ3) is 19.6. The first kappa shape index (κ1) is 24.4. The van der Waals surface area contributed by atoms with Crippen molar-refractivity contribution in [1.29, 1.82) is 0 Å². The van der Waals surface area contributed by atoms with E-state index in [4.69, 9.17) is 5.11 Å². The zero-order valence-corrected chi connectivity index (χ0v) is 16.8. The standard InChI is InChI=1S/C22H44O3/c1-2-3-4-5-7-10-13-16-21(19-20-23)17-14-11-8-6-9-12-15-18-22(24)25/h21,23H,2-20H2,1H3,(H,24,25). The number of unbranched alkanes of at least 4 members (excludes halogenated alkanes) is 12. The number of aliphatic carboxylic acids is 1. The number of carboxylic acid groups (broad SMARTS) is 1. The molecule has 0 heterocycles. The van der Waals surface area contributed by atoms with Gasteiger partial charge in [-0.2, -0.15) is 0 Å². The van der Waals surface area contributed by atoms with Gasteiger partial charge in [-0.3, -0.25) is 4.79 Å². The summed E-state index contributed by atoms with van der Waals surface area (Å²) in [5.74, 6) is 0.0482. The van der Waals surface area contributed by atoms with Crippen LogP contribution in [0.5, 0.6) is 0 Å². The van der Waals surface area contributed by atoms with Crippen molar-refractivity contribution < 1.29 is 15.0 Å². The number of aliphatic hydroxyl groups is 1. The maximum atomic E-state index is 10.4. The summed E-state index contributed by atoms with van der Waals surface area (Å²) < 4.78 is 0. The molecule has 0 aromatic heterocycles. The van der Waals surface area contributed by atoms with Gasteiger partial charge in [0.05, 0.1) is 0 Å². The fraction of sp³-hybridized carbons (Fsp3) is 0.955.